The number of benzene rings is 3. The fourth-order valence-electron chi connectivity index (χ4n) is 3.20. The van der Waals surface area contributed by atoms with Crippen molar-refractivity contribution in [2.45, 2.75) is 18.3 Å². The Morgan fingerprint density at radius 2 is 1.56 bits per heavy atom. The van der Waals surface area contributed by atoms with Crippen LogP contribution in [0.15, 0.2) is 103 Å². The van der Waals surface area contributed by atoms with Crippen LogP contribution in [-0.4, -0.2) is 26.3 Å². The molecular formula is C26H23N3O2S. The Bertz CT molecular complexity index is 1170. The van der Waals surface area contributed by atoms with E-state index in [1.807, 2.05) is 77.4 Å². The van der Waals surface area contributed by atoms with Crippen molar-refractivity contribution in [2.75, 3.05) is 5.75 Å². The molecule has 0 aliphatic carbocycles. The molecule has 0 aliphatic rings. The first kappa shape index (κ1) is 21.6. The maximum absolute atomic E-state index is 12.7. The lowest BCUT2D eigenvalue weighted by Crippen LogP contribution is -2.09. The molecule has 3 aromatic carbocycles. The second kappa shape index (κ2) is 10.6. The number of ether oxygens (including phenoxy) is 1. The van der Waals surface area contributed by atoms with Gasteiger partial charge in [0.25, 0.3) is 0 Å². The molecule has 0 saturated heterocycles. The zero-order chi connectivity index (χ0) is 22.2. The van der Waals surface area contributed by atoms with Crippen molar-refractivity contribution in [1.29, 1.82) is 0 Å². The number of Topliss-reactive ketones (excluding diaryl/α,β-unsaturated/α-hetero) is 1. The van der Waals surface area contributed by atoms with E-state index in [1.165, 1.54) is 11.8 Å². The molecule has 0 fully saturated rings. The van der Waals surface area contributed by atoms with Gasteiger partial charge in [-0.2, -0.15) is 0 Å². The Kier molecular flexibility index (Phi) is 7.15. The third-order valence-electron chi connectivity index (χ3n) is 4.86. The summed E-state index contributed by atoms with van der Waals surface area (Å²) in [6.07, 6.45) is 1.78. The highest BCUT2D eigenvalue weighted by Crippen LogP contribution is 2.22. The van der Waals surface area contributed by atoms with E-state index in [0.29, 0.717) is 29.7 Å². The normalized spacial score (nSPS) is 10.6. The predicted molar refractivity (Wildman–Crippen MR) is 128 cm³/mol. The second-order valence-corrected chi connectivity index (χ2v) is 8.00. The number of carbonyl (C=O) groups is 1. The zero-order valence-electron chi connectivity index (χ0n) is 17.6. The summed E-state index contributed by atoms with van der Waals surface area (Å²) in [6.45, 7) is 4.66. The number of para-hydroxylation sites is 1. The van der Waals surface area contributed by atoms with Gasteiger partial charge < -0.3 is 4.74 Å². The minimum absolute atomic E-state index is 0.0462. The van der Waals surface area contributed by atoms with Crippen LogP contribution in [0.4, 0.5) is 0 Å². The molecule has 1 heterocycles. The number of aromatic nitrogens is 3. The maximum atomic E-state index is 12.7. The summed E-state index contributed by atoms with van der Waals surface area (Å²) >= 11 is 1.37. The Morgan fingerprint density at radius 1 is 0.906 bits per heavy atom. The molecule has 4 aromatic rings. The van der Waals surface area contributed by atoms with E-state index in [-0.39, 0.29) is 11.5 Å². The van der Waals surface area contributed by atoms with Gasteiger partial charge in [-0.1, -0.05) is 90.6 Å². The summed E-state index contributed by atoms with van der Waals surface area (Å²) in [5, 5.41) is 9.19. The van der Waals surface area contributed by atoms with Crippen molar-refractivity contribution in [2.24, 2.45) is 0 Å². The summed E-state index contributed by atoms with van der Waals surface area (Å²) in [5.41, 5.74) is 2.90. The van der Waals surface area contributed by atoms with Gasteiger partial charge in [0.1, 0.15) is 12.4 Å². The first-order chi connectivity index (χ1) is 15.7. The Labute approximate surface area is 191 Å². The van der Waals surface area contributed by atoms with Gasteiger partial charge >= 0.3 is 0 Å². The van der Waals surface area contributed by atoms with E-state index >= 15 is 0 Å². The highest BCUT2D eigenvalue weighted by atomic mass is 32.2. The van der Waals surface area contributed by atoms with Gasteiger partial charge in [0, 0.05) is 12.1 Å². The van der Waals surface area contributed by atoms with Crippen molar-refractivity contribution in [3.63, 3.8) is 0 Å². The third-order valence-corrected chi connectivity index (χ3v) is 5.83. The van der Waals surface area contributed by atoms with Gasteiger partial charge in [0.15, 0.2) is 16.8 Å². The molecule has 0 unspecified atom stereocenters. The number of hydrogen-bond donors (Lipinski definition) is 0. The lowest BCUT2D eigenvalue weighted by molar-refractivity contribution is 0.102. The minimum Gasteiger partial charge on any atom is -0.486 e. The van der Waals surface area contributed by atoms with E-state index in [2.05, 4.69) is 28.9 Å². The molecule has 32 heavy (non-hydrogen) atoms. The van der Waals surface area contributed by atoms with Crippen LogP contribution < -0.4 is 4.74 Å². The number of nitrogens with zero attached hydrogens (tertiary/aromatic N) is 3. The van der Waals surface area contributed by atoms with Crippen LogP contribution in [0.1, 0.15) is 16.2 Å². The Hall–Kier alpha value is -3.64. The van der Waals surface area contributed by atoms with Gasteiger partial charge in [0.2, 0.25) is 0 Å². The first-order valence-corrected chi connectivity index (χ1v) is 11.3. The van der Waals surface area contributed by atoms with Crippen molar-refractivity contribution in [1.82, 2.24) is 14.8 Å². The van der Waals surface area contributed by atoms with Gasteiger partial charge in [0.05, 0.1) is 5.75 Å². The standard InChI is InChI=1S/C26H23N3O2S/c1-2-17-29-25(18-31-23-11-7-4-8-12-23)27-28-26(29)32-19-24(30)22-15-13-21(14-16-22)20-9-5-3-6-10-20/h2-16H,1,17-19H2. The molecule has 6 heteroatoms. The average Bonchev–Trinajstić information content (AvgIpc) is 3.24. The summed E-state index contributed by atoms with van der Waals surface area (Å²) < 4.78 is 7.72. The van der Waals surface area contributed by atoms with E-state index in [9.17, 15) is 4.79 Å². The van der Waals surface area contributed by atoms with Crippen molar-refractivity contribution in [3.05, 3.63) is 109 Å². The molecule has 0 saturated carbocycles. The minimum atomic E-state index is 0.0462. The number of carbonyl (C=O) groups excluding carboxylic acids is 1. The summed E-state index contributed by atoms with van der Waals surface area (Å²) in [6, 6.07) is 27.4. The second-order valence-electron chi connectivity index (χ2n) is 7.06. The largest absolute Gasteiger partial charge is 0.486 e. The topological polar surface area (TPSA) is 57.0 Å². The molecule has 0 N–H and O–H groups in total. The van der Waals surface area contributed by atoms with Crippen LogP contribution in [0.2, 0.25) is 0 Å². The molecular weight excluding hydrogens is 418 g/mol. The number of hydrogen-bond acceptors (Lipinski definition) is 5. The smallest absolute Gasteiger partial charge is 0.192 e. The van der Waals surface area contributed by atoms with Crippen molar-refractivity contribution < 1.29 is 9.53 Å². The van der Waals surface area contributed by atoms with Gasteiger partial charge in [-0.05, 0) is 23.3 Å². The number of ketones is 1. The highest BCUT2D eigenvalue weighted by Gasteiger charge is 2.15. The number of thioether (sulfide) groups is 1. The molecule has 0 spiro atoms. The maximum Gasteiger partial charge on any atom is 0.192 e. The molecule has 0 bridgehead atoms. The molecule has 5 nitrogen and oxygen atoms in total. The molecule has 160 valence electrons. The number of rotatable bonds is 10. The van der Waals surface area contributed by atoms with Gasteiger partial charge in [-0.3, -0.25) is 9.36 Å². The molecule has 0 aliphatic heterocycles. The van der Waals surface area contributed by atoms with Gasteiger partial charge in [-0.15, -0.1) is 16.8 Å². The van der Waals surface area contributed by atoms with Crippen LogP contribution in [0.5, 0.6) is 5.75 Å². The average molecular weight is 442 g/mol. The van der Waals surface area contributed by atoms with Crippen LogP contribution in [0, 0.1) is 0 Å². The fraction of sp³-hybridized carbons (Fsp3) is 0.115. The fourth-order valence-corrected chi connectivity index (χ4v) is 4.06. The molecule has 1 aromatic heterocycles. The zero-order valence-corrected chi connectivity index (χ0v) is 18.4. The van der Waals surface area contributed by atoms with Crippen LogP contribution in [0.3, 0.4) is 0 Å². The summed E-state index contributed by atoms with van der Waals surface area (Å²) in [4.78, 5) is 12.7. The van der Waals surface area contributed by atoms with E-state index in [4.69, 9.17) is 4.74 Å². The van der Waals surface area contributed by atoms with E-state index in [0.717, 1.165) is 16.9 Å². The summed E-state index contributed by atoms with van der Waals surface area (Å²) in [7, 11) is 0. The van der Waals surface area contributed by atoms with E-state index in [1.54, 1.807) is 6.08 Å². The summed E-state index contributed by atoms with van der Waals surface area (Å²) in [5.74, 6) is 1.78. The molecule has 0 amide bonds. The lowest BCUT2D eigenvalue weighted by atomic mass is 10.0. The monoisotopic (exact) mass is 441 g/mol. The molecule has 4 rings (SSSR count). The third kappa shape index (κ3) is 5.34. The van der Waals surface area contributed by atoms with Crippen LogP contribution in [0.25, 0.3) is 11.1 Å². The van der Waals surface area contributed by atoms with E-state index < -0.39 is 0 Å². The van der Waals surface area contributed by atoms with Gasteiger partial charge in [-0.25, -0.2) is 0 Å². The first-order valence-electron chi connectivity index (χ1n) is 10.3. The Morgan fingerprint density at radius 3 is 2.25 bits per heavy atom. The molecule has 0 radical (unpaired) electrons. The lowest BCUT2D eigenvalue weighted by Gasteiger charge is -2.09. The van der Waals surface area contributed by atoms with Crippen LogP contribution in [-0.2, 0) is 13.2 Å². The quantitative estimate of drug-likeness (QED) is 0.180. The Balaban J connectivity index is 1.40. The predicted octanol–water partition coefficient (Wildman–Crippen LogP) is 5.69. The SMILES string of the molecule is C=CCn1c(COc2ccccc2)nnc1SCC(=O)c1ccc(-c2ccccc2)cc1. The van der Waals surface area contributed by atoms with Crippen LogP contribution >= 0.6 is 11.8 Å². The van der Waals surface area contributed by atoms with Crippen molar-refractivity contribution in [3.8, 4) is 16.9 Å². The van der Waals surface area contributed by atoms with Crippen molar-refractivity contribution >= 4 is 17.5 Å². The number of allylic oxidation sites excluding steroid dienone is 1. The highest BCUT2D eigenvalue weighted by molar-refractivity contribution is 7.99. The molecule has 0 atom stereocenters.